The molecule has 0 bridgehead atoms. The van der Waals surface area contributed by atoms with Crippen molar-refractivity contribution in [3.63, 3.8) is 0 Å². The predicted molar refractivity (Wildman–Crippen MR) is 203 cm³/mol. The largest absolute Gasteiger partial charge is 0.453 e. The number of carbonyl (C=O) groups is 5. The summed E-state index contributed by atoms with van der Waals surface area (Å²) < 4.78 is 9.49. The maximum absolute atomic E-state index is 13.5. The van der Waals surface area contributed by atoms with Crippen LogP contribution >= 0.6 is 0 Å². The van der Waals surface area contributed by atoms with Crippen LogP contribution in [0.5, 0.6) is 0 Å². The van der Waals surface area contributed by atoms with Crippen LogP contribution in [-0.2, 0) is 23.9 Å². The summed E-state index contributed by atoms with van der Waals surface area (Å²) in [5, 5.41) is 5.36. The molecule has 0 saturated carbocycles. The summed E-state index contributed by atoms with van der Waals surface area (Å²) in [5.74, 6) is 0.793. The highest BCUT2D eigenvalue weighted by molar-refractivity contribution is 5.95. The Hall–Kier alpha value is -5.41. The monoisotopic (exact) mass is 759 g/mol. The fourth-order valence-corrected chi connectivity index (χ4v) is 7.97. The van der Waals surface area contributed by atoms with Crippen molar-refractivity contribution in [3.05, 3.63) is 54.0 Å². The Balaban J connectivity index is 1.07. The highest BCUT2D eigenvalue weighted by Gasteiger charge is 2.39. The summed E-state index contributed by atoms with van der Waals surface area (Å²) in [7, 11) is 2.56. The van der Waals surface area contributed by atoms with Crippen molar-refractivity contribution in [1.29, 1.82) is 0 Å². The number of H-pyrrole nitrogens is 2. The third-order valence-electron chi connectivity index (χ3n) is 11.0. The van der Waals surface area contributed by atoms with Crippen molar-refractivity contribution in [2.75, 3.05) is 38.8 Å². The van der Waals surface area contributed by atoms with E-state index < -0.39 is 24.3 Å². The van der Waals surface area contributed by atoms with Gasteiger partial charge >= 0.3 is 12.2 Å². The lowest BCUT2D eigenvalue weighted by Crippen LogP contribution is -2.51. The van der Waals surface area contributed by atoms with Gasteiger partial charge in [-0.15, -0.1) is 0 Å². The van der Waals surface area contributed by atoms with E-state index in [9.17, 15) is 24.0 Å². The number of hydrogen-bond acceptors (Lipinski definition) is 9. The molecule has 0 radical (unpaired) electrons. The second-order valence-electron chi connectivity index (χ2n) is 15.3. The molecule has 4 N–H and O–H groups in total. The van der Waals surface area contributed by atoms with E-state index in [0.29, 0.717) is 31.9 Å². The number of imidazole rings is 2. The third kappa shape index (κ3) is 8.47. The lowest BCUT2D eigenvalue weighted by atomic mass is 9.95. The Morgan fingerprint density at radius 2 is 1.31 bits per heavy atom. The average Bonchev–Trinajstić information content (AvgIpc) is 4.02. The van der Waals surface area contributed by atoms with Crippen molar-refractivity contribution in [2.45, 2.75) is 96.3 Å². The summed E-state index contributed by atoms with van der Waals surface area (Å²) in [6.45, 7) is 9.23. The Labute approximate surface area is 321 Å². The number of methoxy groups -OCH3 is 2. The van der Waals surface area contributed by atoms with Gasteiger partial charge in [0.15, 0.2) is 0 Å². The molecule has 2 unspecified atom stereocenters. The van der Waals surface area contributed by atoms with E-state index in [0.717, 1.165) is 60.6 Å². The van der Waals surface area contributed by atoms with Crippen molar-refractivity contribution in [3.8, 4) is 11.3 Å². The molecule has 0 spiro atoms. The lowest BCUT2D eigenvalue weighted by molar-refractivity contribution is -0.136. The maximum Gasteiger partial charge on any atom is 0.407 e. The number of nitrogens with one attached hydrogen (secondary N) is 4. The minimum atomic E-state index is -0.707. The first-order valence-corrected chi connectivity index (χ1v) is 19.2. The van der Waals surface area contributed by atoms with E-state index in [1.807, 2.05) is 52.0 Å². The van der Waals surface area contributed by atoms with E-state index in [2.05, 4.69) is 30.6 Å². The van der Waals surface area contributed by atoms with Gasteiger partial charge in [-0.25, -0.2) is 19.6 Å². The molecule has 16 nitrogen and oxygen atoms in total. The second-order valence-corrected chi connectivity index (χ2v) is 15.3. The van der Waals surface area contributed by atoms with Crippen LogP contribution in [0.25, 0.3) is 11.3 Å². The molecule has 2 aromatic heterocycles. The molecule has 3 aliphatic rings. The molecule has 3 aromatic rings. The zero-order valence-corrected chi connectivity index (χ0v) is 32.5. The van der Waals surface area contributed by atoms with Crippen molar-refractivity contribution >= 4 is 35.6 Å². The van der Waals surface area contributed by atoms with Gasteiger partial charge in [0.2, 0.25) is 17.7 Å². The number of aromatic nitrogens is 4. The molecule has 55 heavy (non-hydrogen) atoms. The number of carbonyl (C=O) groups excluding carboxylic acids is 5. The maximum atomic E-state index is 13.5. The van der Waals surface area contributed by atoms with Gasteiger partial charge in [0.1, 0.15) is 23.7 Å². The minimum absolute atomic E-state index is 0.00416. The standard InChI is InChI=1S/C39H53N9O7/c1-22(2)32(44-38(52)54-5)36(50)47-16-7-9-29(47)28-21-40-34(43-28)25-15-18-46(31(49)19-25)26-13-11-24(12-14-26)27-20-41-35(42-27)30-10-8-17-48(30)37(51)33(23(3)4)45-39(53)55-6/h11-14,20-23,25,29-30,32-33H,7-10,15-19H2,1-6H3,(H,40,43)(H,41,42)(H,44,52)(H,45,53)/t25?,29-,30-,32-,33?/m0/s1. The smallest absolute Gasteiger partial charge is 0.407 e. The van der Waals surface area contributed by atoms with Gasteiger partial charge in [0.05, 0.1) is 50.1 Å². The fraction of sp³-hybridized carbons (Fsp3) is 0.564. The highest BCUT2D eigenvalue weighted by atomic mass is 16.5. The molecular formula is C39H53N9O7. The predicted octanol–water partition coefficient (Wildman–Crippen LogP) is 4.80. The van der Waals surface area contributed by atoms with Crippen LogP contribution in [0.4, 0.5) is 15.3 Å². The van der Waals surface area contributed by atoms with Crippen LogP contribution in [-0.4, -0.2) is 106 Å². The summed E-state index contributed by atoms with van der Waals surface area (Å²) in [5.41, 5.74) is 3.33. The molecule has 3 aliphatic heterocycles. The Bertz CT molecular complexity index is 1850. The molecule has 5 amide bonds. The van der Waals surface area contributed by atoms with Gasteiger partial charge in [0.25, 0.3) is 0 Å². The number of aromatic amines is 2. The quantitative estimate of drug-likeness (QED) is 0.212. The molecule has 5 atom stereocenters. The van der Waals surface area contributed by atoms with E-state index in [-0.39, 0.29) is 47.6 Å². The van der Waals surface area contributed by atoms with E-state index in [1.165, 1.54) is 14.2 Å². The molecular weight excluding hydrogens is 706 g/mol. The van der Waals surface area contributed by atoms with Crippen LogP contribution in [0, 0.1) is 11.8 Å². The third-order valence-corrected chi connectivity index (χ3v) is 11.0. The van der Waals surface area contributed by atoms with Crippen LogP contribution in [0.3, 0.4) is 0 Å². The number of anilines is 1. The van der Waals surface area contributed by atoms with Gasteiger partial charge in [-0.3, -0.25) is 14.4 Å². The number of likely N-dealkylation sites (tertiary alicyclic amines) is 2. The number of alkyl carbamates (subject to hydrolysis) is 2. The first-order valence-electron chi connectivity index (χ1n) is 19.2. The molecule has 5 heterocycles. The Morgan fingerprint density at radius 1 is 0.745 bits per heavy atom. The Kier molecular flexibility index (Phi) is 12.1. The van der Waals surface area contributed by atoms with Gasteiger partial charge in [-0.1, -0.05) is 39.8 Å². The van der Waals surface area contributed by atoms with Gasteiger partial charge in [0, 0.05) is 37.7 Å². The normalized spacial score (nSPS) is 21.2. The fourth-order valence-electron chi connectivity index (χ4n) is 7.97. The van der Waals surface area contributed by atoms with Crippen LogP contribution < -0.4 is 15.5 Å². The number of nitrogens with zero attached hydrogens (tertiary/aromatic N) is 5. The molecule has 0 aliphatic carbocycles. The summed E-state index contributed by atoms with van der Waals surface area (Å²) in [6, 6.07) is 5.93. The number of ether oxygens (including phenoxy) is 2. The van der Waals surface area contributed by atoms with Gasteiger partial charge in [-0.2, -0.15) is 0 Å². The molecule has 3 fully saturated rings. The second kappa shape index (κ2) is 16.9. The van der Waals surface area contributed by atoms with Crippen molar-refractivity contribution in [2.24, 2.45) is 11.8 Å². The average molecular weight is 760 g/mol. The van der Waals surface area contributed by atoms with E-state index in [4.69, 9.17) is 9.47 Å². The number of amides is 5. The van der Waals surface area contributed by atoms with Crippen molar-refractivity contribution < 1.29 is 33.4 Å². The number of benzene rings is 1. The minimum Gasteiger partial charge on any atom is -0.453 e. The lowest BCUT2D eigenvalue weighted by Gasteiger charge is -2.31. The summed E-state index contributed by atoms with van der Waals surface area (Å²) >= 11 is 0. The van der Waals surface area contributed by atoms with Gasteiger partial charge < -0.3 is 44.8 Å². The van der Waals surface area contributed by atoms with E-state index >= 15 is 0 Å². The van der Waals surface area contributed by atoms with Crippen LogP contribution in [0.1, 0.15) is 102 Å². The zero-order valence-electron chi connectivity index (χ0n) is 32.5. The molecule has 6 rings (SSSR count). The zero-order chi connectivity index (χ0) is 39.4. The molecule has 1 aromatic carbocycles. The SMILES string of the molecule is COC(=O)NC(C(=O)N1CCC[C@H]1c1ncc(-c2ccc(N3CCC(c4ncc([C@@H]5CCCN5C(=O)[C@@H](NC(=O)OC)C(C)C)[nH]4)CC3=O)cc2)[nH]1)C(C)C. The number of rotatable bonds is 11. The molecule has 16 heteroatoms. The highest BCUT2D eigenvalue weighted by Crippen LogP contribution is 2.36. The summed E-state index contributed by atoms with van der Waals surface area (Å²) in [4.78, 5) is 86.0. The van der Waals surface area contributed by atoms with Crippen LogP contribution in [0.2, 0.25) is 0 Å². The first kappa shape index (κ1) is 39.3. The molecule has 296 valence electrons. The number of hydrogen-bond donors (Lipinski definition) is 4. The van der Waals surface area contributed by atoms with Crippen LogP contribution in [0.15, 0.2) is 36.7 Å². The topological polar surface area (TPSA) is 195 Å². The first-order chi connectivity index (χ1) is 26.4. The molecule has 3 saturated heterocycles. The summed E-state index contributed by atoms with van der Waals surface area (Å²) in [6.07, 6.45) is 6.47. The van der Waals surface area contributed by atoms with Crippen molar-refractivity contribution in [1.82, 2.24) is 40.4 Å². The Morgan fingerprint density at radius 3 is 1.87 bits per heavy atom. The number of piperidine rings is 1. The van der Waals surface area contributed by atoms with Gasteiger partial charge in [-0.05, 0) is 61.6 Å². The van der Waals surface area contributed by atoms with E-state index in [1.54, 1.807) is 27.1 Å².